The van der Waals surface area contributed by atoms with Crippen LogP contribution in [0.2, 0.25) is 0 Å². The summed E-state index contributed by atoms with van der Waals surface area (Å²) >= 11 is 2.75. The zero-order valence-corrected chi connectivity index (χ0v) is 27.5. The molecule has 2 aromatic carbocycles. The van der Waals surface area contributed by atoms with Crippen molar-refractivity contribution in [2.75, 3.05) is 14.2 Å². The van der Waals surface area contributed by atoms with Crippen molar-refractivity contribution < 1.29 is 35.8 Å². The van der Waals surface area contributed by atoms with E-state index < -0.39 is 23.5 Å². The number of aromatic nitrogens is 6. The van der Waals surface area contributed by atoms with Crippen LogP contribution in [-0.4, -0.2) is 44.1 Å². The Morgan fingerprint density at radius 1 is 0.688 bits per heavy atom. The SMILES string of the molecule is COc1cc(CSc2nc3ccc(C(F)(F)F)cc3[nH]2)ncc1C.COc1ccnc(CSc2nc3ccc(C(F)(F)F)cc3[nH]2)c1C. The molecular formula is C32H28F6N6O2S2. The number of nitrogens with zero attached hydrogens (tertiary/aromatic N) is 4. The van der Waals surface area contributed by atoms with Gasteiger partial charge in [-0.2, -0.15) is 26.3 Å². The highest BCUT2D eigenvalue weighted by molar-refractivity contribution is 7.98. The molecule has 6 rings (SSSR count). The number of hydrogen-bond acceptors (Lipinski definition) is 8. The number of imidazole rings is 2. The van der Waals surface area contributed by atoms with Gasteiger partial charge in [0.05, 0.1) is 58.8 Å². The molecule has 0 saturated carbocycles. The number of H-pyrrole nitrogens is 2. The van der Waals surface area contributed by atoms with Gasteiger partial charge in [-0.1, -0.05) is 23.5 Å². The summed E-state index contributed by atoms with van der Waals surface area (Å²) in [5.41, 5.74) is 3.86. The maximum atomic E-state index is 12.7. The number of hydrogen-bond donors (Lipinski definition) is 2. The van der Waals surface area contributed by atoms with E-state index in [0.29, 0.717) is 43.9 Å². The first kappa shape index (κ1) is 34.9. The monoisotopic (exact) mass is 706 g/mol. The number of nitrogens with one attached hydrogen (secondary N) is 2. The van der Waals surface area contributed by atoms with Gasteiger partial charge in [-0.05, 0) is 56.3 Å². The van der Waals surface area contributed by atoms with Crippen molar-refractivity contribution >= 4 is 45.6 Å². The van der Waals surface area contributed by atoms with E-state index in [1.54, 1.807) is 32.7 Å². The molecule has 0 amide bonds. The molecule has 0 spiro atoms. The lowest BCUT2D eigenvalue weighted by molar-refractivity contribution is -0.138. The fourth-order valence-corrected chi connectivity index (χ4v) is 6.21. The maximum Gasteiger partial charge on any atom is 0.416 e. The number of pyridine rings is 2. The molecule has 6 aromatic rings. The summed E-state index contributed by atoms with van der Waals surface area (Å²) in [6.45, 7) is 3.82. The van der Waals surface area contributed by atoms with E-state index in [4.69, 9.17) is 9.47 Å². The van der Waals surface area contributed by atoms with Gasteiger partial charge in [0.25, 0.3) is 0 Å². The first-order valence-corrected chi connectivity index (χ1v) is 16.1. The van der Waals surface area contributed by atoms with E-state index in [2.05, 4.69) is 29.9 Å². The number of alkyl halides is 6. The van der Waals surface area contributed by atoms with Crippen LogP contribution in [0.25, 0.3) is 22.1 Å². The molecule has 252 valence electrons. The number of rotatable bonds is 8. The van der Waals surface area contributed by atoms with E-state index in [1.807, 2.05) is 19.9 Å². The van der Waals surface area contributed by atoms with E-state index in [0.717, 1.165) is 58.3 Å². The summed E-state index contributed by atoms with van der Waals surface area (Å²) in [7, 11) is 3.19. The smallest absolute Gasteiger partial charge is 0.416 e. The van der Waals surface area contributed by atoms with Crippen molar-refractivity contribution in [3.8, 4) is 11.5 Å². The lowest BCUT2D eigenvalue weighted by Gasteiger charge is -2.08. The van der Waals surface area contributed by atoms with Crippen LogP contribution < -0.4 is 9.47 Å². The number of ether oxygens (including phenoxy) is 2. The first-order chi connectivity index (χ1) is 22.7. The average Bonchev–Trinajstić information content (AvgIpc) is 3.66. The summed E-state index contributed by atoms with van der Waals surface area (Å²) < 4.78 is 87.0. The van der Waals surface area contributed by atoms with Crippen molar-refractivity contribution in [1.29, 1.82) is 0 Å². The molecule has 0 aliphatic heterocycles. The summed E-state index contributed by atoms with van der Waals surface area (Å²) in [5, 5.41) is 1.10. The molecule has 2 N–H and O–H groups in total. The van der Waals surface area contributed by atoms with Gasteiger partial charge in [-0.25, -0.2) is 9.97 Å². The predicted molar refractivity (Wildman–Crippen MR) is 172 cm³/mol. The minimum absolute atomic E-state index is 0.363. The van der Waals surface area contributed by atoms with Crippen molar-refractivity contribution in [3.63, 3.8) is 0 Å². The van der Waals surface area contributed by atoms with Crippen LogP contribution in [0, 0.1) is 13.8 Å². The second kappa shape index (κ2) is 14.4. The van der Waals surface area contributed by atoms with Crippen LogP contribution in [0.3, 0.4) is 0 Å². The van der Waals surface area contributed by atoms with Crippen molar-refractivity contribution in [2.24, 2.45) is 0 Å². The van der Waals surface area contributed by atoms with Crippen LogP contribution >= 0.6 is 23.5 Å². The molecule has 0 aliphatic rings. The molecule has 8 nitrogen and oxygen atoms in total. The zero-order valence-electron chi connectivity index (χ0n) is 25.9. The molecule has 0 aliphatic carbocycles. The zero-order chi connectivity index (χ0) is 34.6. The van der Waals surface area contributed by atoms with Gasteiger partial charge in [0, 0.05) is 41.1 Å². The standard InChI is InChI=1S/2C16H14F3N3OS/c1-9-7-20-11(6-14(9)23-2)8-24-15-21-12-4-3-10(16(17,18)19)5-13(12)22-15;1-9-13(20-6-5-14(9)23-2)8-24-15-21-11-4-3-10(16(17,18)19)7-12(11)22-15/h2*3-7H,8H2,1-2H3,(H,21,22). The van der Waals surface area contributed by atoms with Crippen molar-refractivity contribution in [3.05, 3.63) is 94.6 Å². The topological polar surface area (TPSA) is 102 Å². The van der Waals surface area contributed by atoms with Crippen molar-refractivity contribution in [1.82, 2.24) is 29.9 Å². The summed E-state index contributed by atoms with van der Waals surface area (Å²) in [5.74, 6) is 2.57. The number of benzene rings is 2. The first-order valence-electron chi connectivity index (χ1n) is 14.1. The van der Waals surface area contributed by atoms with Gasteiger partial charge in [-0.3, -0.25) is 9.97 Å². The Morgan fingerprint density at radius 3 is 1.75 bits per heavy atom. The largest absolute Gasteiger partial charge is 0.496 e. The normalized spacial score (nSPS) is 11.9. The molecule has 0 saturated heterocycles. The van der Waals surface area contributed by atoms with Crippen LogP contribution in [0.15, 0.2) is 71.2 Å². The highest BCUT2D eigenvalue weighted by Crippen LogP contribution is 2.34. The molecule has 4 heterocycles. The number of halogens is 6. The highest BCUT2D eigenvalue weighted by Gasteiger charge is 2.31. The van der Waals surface area contributed by atoms with E-state index >= 15 is 0 Å². The maximum absolute atomic E-state index is 12.7. The Kier molecular flexibility index (Phi) is 10.4. The fourth-order valence-electron chi connectivity index (χ4n) is 4.51. The Bertz CT molecular complexity index is 2040. The number of fused-ring (bicyclic) bond motifs is 2. The van der Waals surface area contributed by atoms with Gasteiger partial charge in [0.15, 0.2) is 10.3 Å². The number of thioether (sulfide) groups is 2. The minimum Gasteiger partial charge on any atom is -0.496 e. The molecule has 0 radical (unpaired) electrons. The molecule has 0 fully saturated rings. The van der Waals surface area contributed by atoms with Gasteiger partial charge >= 0.3 is 12.4 Å². The molecular weight excluding hydrogens is 679 g/mol. The van der Waals surface area contributed by atoms with Crippen molar-refractivity contribution in [2.45, 2.75) is 48.0 Å². The molecule has 16 heteroatoms. The van der Waals surface area contributed by atoms with Crippen LogP contribution in [0.1, 0.15) is 33.6 Å². The van der Waals surface area contributed by atoms with Crippen LogP contribution in [0.4, 0.5) is 26.3 Å². The Hall–Kier alpha value is -4.44. The van der Waals surface area contributed by atoms with Crippen LogP contribution in [0.5, 0.6) is 11.5 Å². The molecule has 0 unspecified atom stereocenters. The van der Waals surface area contributed by atoms with Gasteiger partial charge in [-0.15, -0.1) is 0 Å². The third-order valence-corrected chi connectivity index (χ3v) is 8.88. The second-order valence-electron chi connectivity index (χ2n) is 10.4. The molecule has 0 atom stereocenters. The molecule has 4 aromatic heterocycles. The van der Waals surface area contributed by atoms with Gasteiger partial charge < -0.3 is 19.4 Å². The van der Waals surface area contributed by atoms with Gasteiger partial charge in [0.2, 0.25) is 0 Å². The lowest BCUT2D eigenvalue weighted by atomic mass is 10.2. The number of methoxy groups -OCH3 is 2. The van der Waals surface area contributed by atoms with Crippen LogP contribution in [-0.2, 0) is 23.9 Å². The fraction of sp³-hybridized carbons (Fsp3) is 0.250. The quantitative estimate of drug-likeness (QED) is 0.119. The van der Waals surface area contributed by atoms with E-state index in [-0.39, 0.29) is 0 Å². The third-order valence-electron chi connectivity index (χ3n) is 7.09. The Balaban J connectivity index is 0.000000188. The van der Waals surface area contributed by atoms with E-state index in [9.17, 15) is 26.3 Å². The molecule has 0 bridgehead atoms. The highest BCUT2D eigenvalue weighted by atomic mass is 32.2. The lowest BCUT2D eigenvalue weighted by Crippen LogP contribution is -2.04. The third kappa shape index (κ3) is 8.34. The summed E-state index contributed by atoms with van der Waals surface area (Å²) in [6, 6.07) is 10.6. The average molecular weight is 707 g/mol. The van der Waals surface area contributed by atoms with Gasteiger partial charge in [0.1, 0.15) is 11.5 Å². The summed E-state index contributed by atoms with van der Waals surface area (Å²) in [4.78, 5) is 23.0. The molecule has 48 heavy (non-hydrogen) atoms. The second-order valence-corrected chi connectivity index (χ2v) is 12.3. The number of aryl methyl sites for hydroxylation is 1. The summed E-state index contributed by atoms with van der Waals surface area (Å²) in [6.07, 6.45) is -5.35. The Morgan fingerprint density at radius 2 is 1.23 bits per heavy atom. The minimum atomic E-state index is -4.37. The number of aromatic amines is 2. The van der Waals surface area contributed by atoms with E-state index in [1.165, 1.54) is 35.7 Å². The predicted octanol–water partition coefficient (Wildman–Crippen LogP) is 9.17. The Labute approximate surface area is 279 Å².